The second kappa shape index (κ2) is 10.3. The maximum Gasteiger partial charge on any atom is 0.225 e. The molecule has 2 aliphatic rings. The zero-order valence-corrected chi connectivity index (χ0v) is 19.3. The van der Waals surface area contributed by atoms with Gasteiger partial charge in [0.1, 0.15) is 5.65 Å². The summed E-state index contributed by atoms with van der Waals surface area (Å²) in [7, 11) is 1.78. The number of imidazole rings is 1. The monoisotopic (exact) mass is 510 g/mol. The van der Waals surface area contributed by atoms with Gasteiger partial charge in [-0.25, -0.2) is 4.98 Å². The first kappa shape index (κ1) is 21.9. The number of likely N-dealkylation sites (tertiary alicyclic amines) is 1. The van der Waals surface area contributed by atoms with Gasteiger partial charge in [0.2, 0.25) is 5.91 Å². The lowest BCUT2D eigenvalue weighted by Crippen LogP contribution is -2.45. The summed E-state index contributed by atoms with van der Waals surface area (Å²) in [6.07, 6.45) is 10.8. The van der Waals surface area contributed by atoms with E-state index in [2.05, 4.69) is 20.6 Å². The van der Waals surface area contributed by atoms with E-state index in [1.165, 1.54) is 19.3 Å². The highest BCUT2D eigenvalue weighted by Gasteiger charge is 2.31. The molecule has 1 saturated heterocycles. The lowest BCUT2D eigenvalue weighted by molar-refractivity contribution is -0.135. The lowest BCUT2D eigenvalue weighted by Gasteiger charge is -2.26. The molecule has 1 amide bonds. The van der Waals surface area contributed by atoms with E-state index in [4.69, 9.17) is 0 Å². The van der Waals surface area contributed by atoms with Gasteiger partial charge in [-0.3, -0.25) is 9.79 Å². The van der Waals surface area contributed by atoms with E-state index in [9.17, 15) is 4.79 Å². The number of amides is 1. The van der Waals surface area contributed by atoms with Crippen LogP contribution in [0.25, 0.3) is 5.65 Å². The smallest absolute Gasteiger partial charge is 0.225 e. The minimum Gasteiger partial charge on any atom is -0.352 e. The molecule has 158 valence electrons. The van der Waals surface area contributed by atoms with Gasteiger partial charge in [-0.1, -0.05) is 25.3 Å². The maximum absolute atomic E-state index is 12.7. The van der Waals surface area contributed by atoms with Crippen molar-refractivity contribution >= 4 is 41.5 Å². The second-order valence-electron chi connectivity index (χ2n) is 7.87. The molecular formula is C21H31IN6O. The molecule has 2 N–H and O–H groups in total. The van der Waals surface area contributed by atoms with E-state index in [1.54, 1.807) is 7.05 Å². The minimum absolute atomic E-state index is 0. The molecule has 0 spiro atoms. The fourth-order valence-corrected chi connectivity index (χ4v) is 4.32. The Balaban J connectivity index is 0.00000240. The van der Waals surface area contributed by atoms with Gasteiger partial charge in [0.05, 0.1) is 12.2 Å². The number of pyridine rings is 1. The number of fused-ring (bicyclic) bond motifs is 1. The molecule has 7 nitrogen and oxygen atoms in total. The topological polar surface area (TPSA) is 74.0 Å². The quantitative estimate of drug-likeness (QED) is 0.377. The zero-order valence-electron chi connectivity index (χ0n) is 17.0. The molecule has 2 fully saturated rings. The summed E-state index contributed by atoms with van der Waals surface area (Å²) in [5, 5.41) is 6.81. The van der Waals surface area contributed by atoms with Crippen LogP contribution < -0.4 is 10.6 Å². The number of rotatable bonds is 4. The van der Waals surface area contributed by atoms with Crippen LogP contribution in [0.4, 0.5) is 0 Å². The third kappa shape index (κ3) is 5.40. The first-order chi connectivity index (χ1) is 13.7. The largest absolute Gasteiger partial charge is 0.352 e. The van der Waals surface area contributed by atoms with Gasteiger partial charge >= 0.3 is 0 Å². The van der Waals surface area contributed by atoms with Crippen LogP contribution in [0.3, 0.4) is 0 Å². The van der Waals surface area contributed by atoms with Crippen LogP contribution in [0.2, 0.25) is 0 Å². The number of aliphatic imine (C=N–C) groups is 1. The first-order valence-corrected chi connectivity index (χ1v) is 10.4. The van der Waals surface area contributed by atoms with E-state index < -0.39 is 0 Å². The van der Waals surface area contributed by atoms with E-state index >= 15 is 0 Å². The van der Waals surface area contributed by atoms with Gasteiger partial charge in [0, 0.05) is 44.5 Å². The SMILES string of the molecule is CN=C(NCc1cn2ccccc2n1)NC1CCN(C(=O)C2CCCCC2)C1.I. The fourth-order valence-electron chi connectivity index (χ4n) is 4.32. The van der Waals surface area contributed by atoms with Crippen LogP contribution in [-0.2, 0) is 11.3 Å². The molecule has 0 aromatic carbocycles. The summed E-state index contributed by atoms with van der Waals surface area (Å²) in [6, 6.07) is 6.22. The standard InChI is InChI=1S/C21H30N6O.HI/c1-22-21(23-13-18-15-26-11-6-5-9-19(26)24-18)25-17-10-12-27(14-17)20(28)16-7-3-2-4-8-16;/h5-6,9,11,15-17H,2-4,7-8,10,12-14H2,1H3,(H2,22,23,25);1H. The number of carbonyl (C=O) groups is 1. The zero-order chi connectivity index (χ0) is 19.3. The average molecular weight is 510 g/mol. The summed E-state index contributed by atoms with van der Waals surface area (Å²) in [5.74, 6) is 1.37. The van der Waals surface area contributed by atoms with Crippen molar-refractivity contribution in [2.75, 3.05) is 20.1 Å². The van der Waals surface area contributed by atoms with Crippen LogP contribution in [0.1, 0.15) is 44.2 Å². The molecule has 1 aliphatic carbocycles. The van der Waals surface area contributed by atoms with Crippen molar-refractivity contribution in [3.05, 3.63) is 36.3 Å². The van der Waals surface area contributed by atoms with Gasteiger partial charge in [-0.05, 0) is 31.4 Å². The number of aromatic nitrogens is 2. The third-order valence-corrected chi connectivity index (χ3v) is 5.87. The molecule has 29 heavy (non-hydrogen) atoms. The number of hydrogen-bond donors (Lipinski definition) is 2. The molecule has 1 atom stereocenters. The lowest BCUT2D eigenvalue weighted by atomic mass is 9.88. The van der Waals surface area contributed by atoms with E-state index in [1.807, 2.05) is 39.9 Å². The van der Waals surface area contributed by atoms with E-state index in [0.29, 0.717) is 12.5 Å². The Morgan fingerprint density at radius 1 is 1.24 bits per heavy atom. The van der Waals surface area contributed by atoms with E-state index in [-0.39, 0.29) is 35.9 Å². The molecule has 3 heterocycles. The predicted molar refractivity (Wildman–Crippen MR) is 126 cm³/mol. The Labute approximate surface area is 189 Å². The predicted octanol–water partition coefficient (Wildman–Crippen LogP) is 2.80. The molecule has 4 rings (SSSR count). The highest BCUT2D eigenvalue weighted by Crippen LogP contribution is 2.26. The van der Waals surface area contributed by atoms with Gasteiger partial charge in [0.15, 0.2) is 5.96 Å². The van der Waals surface area contributed by atoms with Crippen molar-refractivity contribution in [3.8, 4) is 0 Å². The van der Waals surface area contributed by atoms with Gasteiger partial charge in [0.25, 0.3) is 0 Å². The molecular weight excluding hydrogens is 479 g/mol. The molecule has 0 bridgehead atoms. The molecule has 2 aromatic heterocycles. The van der Waals surface area contributed by atoms with Crippen LogP contribution >= 0.6 is 24.0 Å². The summed E-state index contributed by atoms with van der Waals surface area (Å²) >= 11 is 0. The second-order valence-corrected chi connectivity index (χ2v) is 7.87. The van der Waals surface area contributed by atoms with Gasteiger partial charge in [-0.2, -0.15) is 0 Å². The Morgan fingerprint density at radius 3 is 2.83 bits per heavy atom. The molecule has 0 radical (unpaired) electrons. The highest BCUT2D eigenvalue weighted by atomic mass is 127. The number of nitrogens with one attached hydrogen (secondary N) is 2. The molecule has 1 unspecified atom stereocenters. The van der Waals surface area contributed by atoms with Crippen LogP contribution in [0.5, 0.6) is 0 Å². The summed E-state index contributed by atoms with van der Waals surface area (Å²) in [5.41, 5.74) is 1.91. The average Bonchev–Trinajstić information content (AvgIpc) is 3.37. The van der Waals surface area contributed by atoms with Gasteiger partial charge < -0.3 is 19.9 Å². The molecule has 8 heteroatoms. The number of carbonyl (C=O) groups excluding carboxylic acids is 1. The molecule has 1 saturated carbocycles. The number of nitrogens with zero attached hydrogens (tertiary/aromatic N) is 4. The van der Waals surface area contributed by atoms with E-state index in [0.717, 1.165) is 49.7 Å². The number of guanidine groups is 1. The van der Waals surface area contributed by atoms with Crippen molar-refractivity contribution in [1.82, 2.24) is 24.9 Å². The third-order valence-electron chi connectivity index (χ3n) is 5.87. The van der Waals surface area contributed by atoms with Crippen LogP contribution in [0, 0.1) is 5.92 Å². The number of hydrogen-bond acceptors (Lipinski definition) is 3. The Morgan fingerprint density at radius 2 is 2.07 bits per heavy atom. The van der Waals surface area contributed by atoms with Crippen molar-refractivity contribution in [1.29, 1.82) is 0 Å². The molecule has 2 aromatic rings. The first-order valence-electron chi connectivity index (χ1n) is 10.4. The normalized spacial score (nSPS) is 20.5. The van der Waals surface area contributed by atoms with Crippen LogP contribution in [-0.4, -0.2) is 52.3 Å². The van der Waals surface area contributed by atoms with Crippen molar-refractivity contribution < 1.29 is 4.79 Å². The van der Waals surface area contributed by atoms with Crippen molar-refractivity contribution in [2.24, 2.45) is 10.9 Å². The molecule has 1 aliphatic heterocycles. The summed E-state index contributed by atoms with van der Waals surface area (Å²) < 4.78 is 2.01. The Bertz CT molecular complexity index is 812. The number of halogens is 1. The Kier molecular flexibility index (Phi) is 7.74. The van der Waals surface area contributed by atoms with Crippen LogP contribution in [0.15, 0.2) is 35.6 Å². The minimum atomic E-state index is 0. The highest BCUT2D eigenvalue weighted by molar-refractivity contribution is 14.0. The fraction of sp³-hybridized carbons (Fsp3) is 0.571. The summed E-state index contributed by atoms with van der Waals surface area (Å²) in [4.78, 5) is 23.7. The van der Waals surface area contributed by atoms with Crippen molar-refractivity contribution in [2.45, 2.75) is 51.1 Å². The summed E-state index contributed by atoms with van der Waals surface area (Å²) in [6.45, 7) is 2.22. The maximum atomic E-state index is 12.7. The Hall–Kier alpha value is -1.84. The van der Waals surface area contributed by atoms with Crippen molar-refractivity contribution in [3.63, 3.8) is 0 Å². The van der Waals surface area contributed by atoms with Gasteiger partial charge in [-0.15, -0.1) is 24.0 Å².